The van der Waals surface area contributed by atoms with Gasteiger partial charge in [0.15, 0.2) is 5.82 Å². The third-order valence-corrected chi connectivity index (χ3v) is 4.01. The fourth-order valence-electron chi connectivity index (χ4n) is 2.97. The second-order valence-electron chi connectivity index (χ2n) is 5.27. The molecule has 0 aromatic carbocycles. The topological polar surface area (TPSA) is 47.0 Å². The zero-order valence-corrected chi connectivity index (χ0v) is 11.0. The summed E-state index contributed by atoms with van der Waals surface area (Å²) in [7, 11) is 1.92. The highest BCUT2D eigenvalue weighted by molar-refractivity contribution is 5.37. The maximum absolute atomic E-state index is 5.70. The van der Waals surface area contributed by atoms with Gasteiger partial charge >= 0.3 is 0 Å². The van der Waals surface area contributed by atoms with Gasteiger partial charge in [0.05, 0.1) is 0 Å². The van der Waals surface area contributed by atoms with E-state index in [2.05, 4.69) is 16.4 Å². The van der Waals surface area contributed by atoms with E-state index in [1.165, 1.54) is 31.4 Å². The van der Waals surface area contributed by atoms with Crippen molar-refractivity contribution in [1.82, 2.24) is 9.97 Å². The molecule has 1 atom stereocenters. The van der Waals surface area contributed by atoms with Gasteiger partial charge in [-0.1, -0.05) is 12.8 Å². The lowest BCUT2D eigenvalue weighted by atomic mass is 10.0. The summed E-state index contributed by atoms with van der Waals surface area (Å²) in [6.07, 6.45) is 7.49. The van der Waals surface area contributed by atoms with Gasteiger partial charge < -0.3 is 10.1 Å². The Morgan fingerprint density at radius 3 is 2.67 bits per heavy atom. The van der Waals surface area contributed by atoms with Gasteiger partial charge in [-0.3, -0.25) is 0 Å². The Morgan fingerprint density at radius 2 is 2.00 bits per heavy atom. The second-order valence-corrected chi connectivity index (χ2v) is 5.27. The Labute approximate surface area is 108 Å². The van der Waals surface area contributed by atoms with Crippen LogP contribution >= 0.6 is 0 Å². The third-order valence-electron chi connectivity index (χ3n) is 4.01. The minimum Gasteiger partial charge on any atom is -0.373 e. The van der Waals surface area contributed by atoms with Crippen molar-refractivity contribution >= 4 is 5.82 Å². The molecule has 18 heavy (non-hydrogen) atoms. The zero-order valence-electron chi connectivity index (χ0n) is 11.0. The van der Waals surface area contributed by atoms with E-state index in [9.17, 15) is 0 Å². The normalized spacial score (nSPS) is 24.6. The van der Waals surface area contributed by atoms with Crippen LogP contribution in [0.1, 0.15) is 62.1 Å². The summed E-state index contributed by atoms with van der Waals surface area (Å²) in [5.41, 5.74) is 1.21. The molecule has 0 amide bonds. The maximum Gasteiger partial charge on any atom is 0.159 e. The number of ether oxygens (including phenoxy) is 1. The molecule has 1 aromatic heterocycles. The number of nitrogens with zero attached hydrogens (tertiary/aromatic N) is 2. The van der Waals surface area contributed by atoms with E-state index in [1.807, 2.05) is 7.05 Å². The average Bonchev–Trinajstić information content (AvgIpc) is 3.10. The molecule has 1 unspecified atom stereocenters. The molecule has 0 radical (unpaired) electrons. The first-order valence-electron chi connectivity index (χ1n) is 7.05. The predicted molar refractivity (Wildman–Crippen MR) is 70.7 cm³/mol. The lowest BCUT2D eigenvalue weighted by Gasteiger charge is -2.15. The van der Waals surface area contributed by atoms with Crippen molar-refractivity contribution in [1.29, 1.82) is 0 Å². The minimum atomic E-state index is 0.110. The summed E-state index contributed by atoms with van der Waals surface area (Å²) < 4.78 is 5.70. The molecule has 1 saturated carbocycles. The number of hydrogen-bond donors (Lipinski definition) is 1. The highest BCUT2D eigenvalue weighted by atomic mass is 16.5. The number of anilines is 1. The standard InChI is InChI=1S/C14H21N3O/c1-15-13-9-11(10-5-2-3-6-10)16-14(17-13)12-7-4-8-18-12/h9-10,12H,2-8H2,1H3,(H,15,16,17). The van der Waals surface area contributed by atoms with Crippen LogP contribution in [-0.2, 0) is 4.74 Å². The molecular formula is C14H21N3O. The first-order chi connectivity index (χ1) is 8.86. The van der Waals surface area contributed by atoms with Crippen molar-refractivity contribution in [2.45, 2.75) is 50.5 Å². The summed E-state index contributed by atoms with van der Waals surface area (Å²) >= 11 is 0. The van der Waals surface area contributed by atoms with Crippen LogP contribution in [0.15, 0.2) is 6.07 Å². The molecule has 1 aromatic rings. The summed E-state index contributed by atoms with van der Waals surface area (Å²) in [5.74, 6) is 2.43. The van der Waals surface area contributed by atoms with Crippen molar-refractivity contribution in [3.63, 3.8) is 0 Å². The van der Waals surface area contributed by atoms with Gasteiger partial charge in [0.25, 0.3) is 0 Å². The molecule has 2 heterocycles. The molecule has 0 spiro atoms. The molecular weight excluding hydrogens is 226 g/mol. The molecule has 1 aliphatic carbocycles. The van der Waals surface area contributed by atoms with E-state index in [4.69, 9.17) is 9.72 Å². The average molecular weight is 247 g/mol. The van der Waals surface area contributed by atoms with Crippen LogP contribution in [0.2, 0.25) is 0 Å². The summed E-state index contributed by atoms with van der Waals surface area (Å²) in [5, 5.41) is 3.15. The second kappa shape index (κ2) is 5.22. The van der Waals surface area contributed by atoms with E-state index in [1.54, 1.807) is 0 Å². The van der Waals surface area contributed by atoms with Crippen LogP contribution in [0.5, 0.6) is 0 Å². The smallest absolute Gasteiger partial charge is 0.159 e. The number of hydrogen-bond acceptors (Lipinski definition) is 4. The lowest BCUT2D eigenvalue weighted by Crippen LogP contribution is -2.09. The molecule has 98 valence electrons. The van der Waals surface area contributed by atoms with E-state index < -0.39 is 0 Å². The van der Waals surface area contributed by atoms with Crippen molar-refractivity contribution in [2.24, 2.45) is 0 Å². The molecule has 0 bridgehead atoms. The minimum absolute atomic E-state index is 0.110. The van der Waals surface area contributed by atoms with Crippen molar-refractivity contribution in [3.05, 3.63) is 17.6 Å². The van der Waals surface area contributed by atoms with Crippen LogP contribution in [0.4, 0.5) is 5.82 Å². The molecule has 3 rings (SSSR count). The van der Waals surface area contributed by atoms with Crippen molar-refractivity contribution < 1.29 is 4.74 Å². The van der Waals surface area contributed by atoms with Crippen LogP contribution in [-0.4, -0.2) is 23.6 Å². The molecule has 1 saturated heterocycles. The van der Waals surface area contributed by atoms with Gasteiger partial charge in [0.1, 0.15) is 11.9 Å². The molecule has 4 heteroatoms. The monoisotopic (exact) mass is 247 g/mol. The molecule has 4 nitrogen and oxygen atoms in total. The van der Waals surface area contributed by atoms with Gasteiger partial charge in [-0.2, -0.15) is 0 Å². The summed E-state index contributed by atoms with van der Waals surface area (Å²) in [6, 6.07) is 2.11. The lowest BCUT2D eigenvalue weighted by molar-refractivity contribution is 0.105. The van der Waals surface area contributed by atoms with Crippen LogP contribution in [0.25, 0.3) is 0 Å². The van der Waals surface area contributed by atoms with Gasteiger partial charge in [0.2, 0.25) is 0 Å². The van der Waals surface area contributed by atoms with Gasteiger partial charge in [-0.25, -0.2) is 9.97 Å². The van der Waals surface area contributed by atoms with Crippen LogP contribution < -0.4 is 5.32 Å². The Morgan fingerprint density at radius 1 is 1.17 bits per heavy atom. The predicted octanol–water partition coefficient (Wildman–Crippen LogP) is 3.03. The molecule has 2 aliphatic rings. The first kappa shape index (κ1) is 11.9. The van der Waals surface area contributed by atoms with Crippen LogP contribution in [0, 0.1) is 0 Å². The van der Waals surface area contributed by atoms with E-state index in [0.29, 0.717) is 5.92 Å². The Hall–Kier alpha value is -1.16. The van der Waals surface area contributed by atoms with Gasteiger partial charge in [-0.15, -0.1) is 0 Å². The first-order valence-corrected chi connectivity index (χ1v) is 7.05. The quantitative estimate of drug-likeness (QED) is 0.892. The van der Waals surface area contributed by atoms with Crippen molar-refractivity contribution in [2.75, 3.05) is 19.0 Å². The Kier molecular flexibility index (Phi) is 3.46. The molecule has 1 aliphatic heterocycles. The number of nitrogens with one attached hydrogen (secondary N) is 1. The SMILES string of the molecule is CNc1cc(C2CCCC2)nc(C2CCCO2)n1. The third kappa shape index (κ3) is 2.34. The fourth-order valence-corrected chi connectivity index (χ4v) is 2.97. The van der Waals surface area contributed by atoms with Crippen molar-refractivity contribution in [3.8, 4) is 0 Å². The summed E-state index contributed by atoms with van der Waals surface area (Å²) in [4.78, 5) is 9.33. The fraction of sp³-hybridized carbons (Fsp3) is 0.714. The molecule has 2 fully saturated rings. The van der Waals surface area contributed by atoms with Gasteiger partial charge in [-0.05, 0) is 25.7 Å². The summed E-state index contributed by atoms with van der Waals surface area (Å²) in [6.45, 7) is 0.844. The van der Waals surface area contributed by atoms with Crippen LogP contribution in [0.3, 0.4) is 0 Å². The highest BCUT2D eigenvalue weighted by Crippen LogP contribution is 2.35. The largest absolute Gasteiger partial charge is 0.373 e. The Bertz CT molecular complexity index is 375. The molecule has 1 N–H and O–H groups in total. The van der Waals surface area contributed by atoms with E-state index in [0.717, 1.165) is 31.1 Å². The Balaban J connectivity index is 1.90. The van der Waals surface area contributed by atoms with E-state index in [-0.39, 0.29) is 6.10 Å². The maximum atomic E-state index is 5.70. The zero-order chi connectivity index (χ0) is 12.4. The number of rotatable bonds is 3. The van der Waals surface area contributed by atoms with Gasteiger partial charge in [0, 0.05) is 31.3 Å². The number of aromatic nitrogens is 2. The van der Waals surface area contributed by atoms with E-state index >= 15 is 0 Å². The highest BCUT2D eigenvalue weighted by Gasteiger charge is 2.24.